The Morgan fingerprint density at radius 2 is 1.96 bits per heavy atom. The molecule has 1 aliphatic rings. The van der Waals surface area contributed by atoms with Gasteiger partial charge in [0.1, 0.15) is 13.2 Å². The average Bonchev–Trinajstić information content (AvgIpc) is 3.08. The molecule has 1 aromatic heterocycles. The van der Waals surface area contributed by atoms with Gasteiger partial charge in [0.05, 0.1) is 5.69 Å². The van der Waals surface area contributed by atoms with Crippen molar-refractivity contribution in [3.63, 3.8) is 0 Å². The predicted molar refractivity (Wildman–Crippen MR) is 98.6 cm³/mol. The van der Waals surface area contributed by atoms with Crippen LogP contribution in [0.25, 0.3) is 5.69 Å². The molecule has 4 rings (SSSR count). The molecule has 2 heterocycles. The summed E-state index contributed by atoms with van der Waals surface area (Å²) in [5, 5.41) is 12.8. The Morgan fingerprint density at radius 3 is 2.76 bits per heavy atom. The second-order valence-electron chi connectivity index (χ2n) is 5.59. The number of aromatic nitrogens is 4. The first-order chi connectivity index (χ1) is 12.2. The zero-order valence-electron chi connectivity index (χ0n) is 13.5. The van der Waals surface area contributed by atoms with Crippen molar-refractivity contribution in [1.29, 1.82) is 0 Å². The molecule has 2 aromatic carbocycles. The van der Waals surface area contributed by atoms with E-state index in [1.54, 1.807) is 16.4 Å². The van der Waals surface area contributed by atoms with Crippen molar-refractivity contribution in [3.05, 3.63) is 52.0 Å². The topological polar surface area (TPSA) is 62.1 Å². The molecule has 0 atom stereocenters. The molecule has 0 aliphatic carbocycles. The number of tetrazole rings is 1. The Hall–Kier alpha value is -2.06. The summed E-state index contributed by atoms with van der Waals surface area (Å²) in [6.45, 7) is 3.21. The van der Waals surface area contributed by atoms with E-state index in [4.69, 9.17) is 9.47 Å². The molecule has 6 nitrogen and oxygen atoms in total. The Balaban J connectivity index is 1.56. The van der Waals surface area contributed by atoms with E-state index in [1.807, 2.05) is 37.3 Å². The van der Waals surface area contributed by atoms with Gasteiger partial charge in [0.2, 0.25) is 5.16 Å². The first-order valence-corrected chi connectivity index (χ1v) is 9.55. The molecule has 0 saturated heterocycles. The zero-order valence-corrected chi connectivity index (χ0v) is 15.9. The molecule has 0 fully saturated rings. The summed E-state index contributed by atoms with van der Waals surface area (Å²) in [5.74, 6) is 2.27. The van der Waals surface area contributed by atoms with E-state index in [-0.39, 0.29) is 0 Å². The lowest BCUT2D eigenvalue weighted by molar-refractivity contribution is 0.171. The molecule has 8 heteroatoms. The fourth-order valence-electron chi connectivity index (χ4n) is 2.55. The monoisotopic (exact) mass is 418 g/mol. The smallest absolute Gasteiger partial charge is 0.214 e. The van der Waals surface area contributed by atoms with E-state index in [1.165, 1.54) is 5.56 Å². The molecule has 0 saturated carbocycles. The predicted octanol–water partition coefficient (Wildman–Crippen LogP) is 3.80. The summed E-state index contributed by atoms with van der Waals surface area (Å²) < 4.78 is 14.0. The standard InChI is InChI=1S/C17H15BrN4O2S/c1-11-3-2-4-13(7-11)22-17(19-20-21-22)25-10-12-8-15-16(9-14(12)18)24-6-5-23-15/h2-4,7-9H,5-6,10H2,1H3. The molecule has 0 radical (unpaired) electrons. The van der Waals surface area contributed by atoms with Gasteiger partial charge in [-0.3, -0.25) is 0 Å². The SMILES string of the molecule is Cc1cccc(-n2nnnc2SCc2cc3c(cc2Br)OCCO3)c1. The van der Waals surface area contributed by atoms with Crippen molar-refractivity contribution >= 4 is 27.7 Å². The van der Waals surface area contributed by atoms with Crippen molar-refractivity contribution < 1.29 is 9.47 Å². The van der Waals surface area contributed by atoms with Crippen LogP contribution in [0.1, 0.15) is 11.1 Å². The van der Waals surface area contributed by atoms with Crippen LogP contribution in [0.5, 0.6) is 11.5 Å². The molecule has 0 spiro atoms. The third-order valence-corrected chi connectivity index (χ3v) is 5.46. The molecule has 25 heavy (non-hydrogen) atoms. The van der Waals surface area contributed by atoms with Crippen molar-refractivity contribution in [2.75, 3.05) is 13.2 Å². The first kappa shape index (κ1) is 16.4. The average molecular weight is 419 g/mol. The number of benzene rings is 2. The van der Waals surface area contributed by atoms with E-state index in [0.717, 1.165) is 32.4 Å². The molecule has 0 bridgehead atoms. The highest BCUT2D eigenvalue weighted by Crippen LogP contribution is 2.37. The summed E-state index contributed by atoms with van der Waals surface area (Å²) in [6.07, 6.45) is 0. The maximum Gasteiger partial charge on any atom is 0.214 e. The molecule has 3 aromatic rings. The van der Waals surface area contributed by atoms with Gasteiger partial charge in [0.25, 0.3) is 0 Å². The third kappa shape index (κ3) is 3.50. The van der Waals surface area contributed by atoms with E-state index in [2.05, 4.69) is 37.5 Å². The second kappa shape index (κ2) is 7.05. The largest absolute Gasteiger partial charge is 0.486 e. The summed E-state index contributed by atoms with van der Waals surface area (Å²) in [7, 11) is 0. The number of nitrogens with zero attached hydrogens (tertiary/aromatic N) is 4. The Bertz CT molecular complexity index is 915. The normalized spacial score (nSPS) is 13.0. The van der Waals surface area contributed by atoms with Crippen LogP contribution in [-0.2, 0) is 5.75 Å². The van der Waals surface area contributed by atoms with Gasteiger partial charge in [-0.15, -0.1) is 5.10 Å². The van der Waals surface area contributed by atoms with Gasteiger partial charge < -0.3 is 9.47 Å². The fraction of sp³-hybridized carbons (Fsp3) is 0.235. The number of hydrogen-bond acceptors (Lipinski definition) is 6. The molecule has 0 N–H and O–H groups in total. The molecule has 0 amide bonds. The third-order valence-electron chi connectivity index (χ3n) is 3.76. The van der Waals surface area contributed by atoms with Gasteiger partial charge in [-0.05, 0) is 52.7 Å². The van der Waals surface area contributed by atoms with Gasteiger partial charge in [0, 0.05) is 10.2 Å². The maximum absolute atomic E-state index is 5.66. The highest BCUT2D eigenvalue weighted by Gasteiger charge is 2.16. The number of thioether (sulfide) groups is 1. The number of ether oxygens (including phenoxy) is 2. The lowest BCUT2D eigenvalue weighted by atomic mass is 10.2. The molecule has 128 valence electrons. The van der Waals surface area contributed by atoms with Crippen LogP contribution in [0.3, 0.4) is 0 Å². The van der Waals surface area contributed by atoms with Gasteiger partial charge in [0.15, 0.2) is 11.5 Å². The summed E-state index contributed by atoms with van der Waals surface area (Å²) in [6, 6.07) is 12.1. The highest BCUT2D eigenvalue weighted by molar-refractivity contribution is 9.10. The Kier molecular flexibility index (Phi) is 4.63. The van der Waals surface area contributed by atoms with E-state index >= 15 is 0 Å². The van der Waals surface area contributed by atoms with Crippen LogP contribution in [-0.4, -0.2) is 33.4 Å². The van der Waals surface area contributed by atoms with E-state index in [9.17, 15) is 0 Å². The fourth-order valence-corrected chi connectivity index (χ4v) is 4.08. The number of rotatable bonds is 4. The van der Waals surface area contributed by atoms with Gasteiger partial charge in [-0.2, -0.15) is 4.68 Å². The minimum Gasteiger partial charge on any atom is -0.486 e. The highest BCUT2D eigenvalue weighted by atomic mass is 79.9. The Labute approximate surface area is 157 Å². The number of hydrogen-bond donors (Lipinski definition) is 0. The van der Waals surface area contributed by atoms with Crippen LogP contribution in [0.15, 0.2) is 46.0 Å². The summed E-state index contributed by atoms with van der Waals surface area (Å²) >= 11 is 5.18. The lowest BCUT2D eigenvalue weighted by Crippen LogP contribution is -2.15. The number of aryl methyl sites for hydroxylation is 1. The summed E-state index contributed by atoms with van der Waals surface area (Å²) in [4.78, 5) is 0. The van der Waals surface area contributed by atoms with Crippen LogP contribution >= 0.6 is 27.7 Å². The van der Waals surface area contributed by atoms with Gasteiger partial charge in [-0.25, -0.2) is 0 Å². The van der Waals surface area contributed by atoms with Crippen molar-refractivity contribution in [1.82, 2.24) is 20.2 Å². The van der Waals surface area contributed by atoms with E-state index < -0.39 is 0 Å². The van der Waals surface area contributed by atoms with Crippen LogP contribution in [0.4, 0.5) is 0 Å². The lowest BCUT2D eigenvalue weighted by Gasteiger charge is -2.19. The second-order valence-corrected chi connectivity index (χ2v) is 7.39. The minimum absolute atomic E-state index is 0.576. The number of fused-ring (bicyclic) bond motifs is 1. The summed E-state index contributed by atoms with van der Waals surface area (Å²) in [5.41, 5.74) is 3.22. The van der Waals surface area contributed by atoms with Crippen molar-refractivity contribution in [2.45, 2.75) is 17.8 Å². The van der Waals surface area contributed by atoms with Crippen LogP contribution < -0.4 is 9.47 Å². The molecular formula is C17H15BrN4O2S. The van der Waals surface area contributed by atoms with Crippen LogP contribution in [0.2, 0.25) is 0 Å². The van der Waals surface area contributed by atoms with Crippen LogP contribution in [0, 0.1) is 6.92 Å². The first-order valence-electron chi connectivity index (χ1n) is 7.77. The van der Waals surface area contributed by atoms with Gasteiger partial charge >= 0.3 is 0 Å². The minimum atomic E-state index is 0.576. The Morgan fingerprint density at radius 1 is 1.16 bits per heavy atom. The van der Waals surface area contributed by atoms with E-state index in [0.29, 0.717) is 19.0 Å². The molecule has 1 aliphatic heterocycles. The molecule has 0 unspecified atom stereocenters. The maximum atomic E-state index is 5.66. The van der Waals surface area contributed by atoms with Gasteiger partial charge in [-0.1, -0.05) is 39.8 Å². The number of halogens is 1. The molecular weight excluding hydrogens is 404 g/mol. The quantitative estimate of drug-likeness (QED) is 0.600. The zero-order chi connectivity index (χ0) is 17.2. The van der Waals surface area contributed by atoms with Crippen molar-refractivity contribution in [2.24, 2.45) is 0 Å². The van der Waals surface area contributed by atoms with Crippen molar-refractivity contribution in [3.8, 4) is 17.2 Å².